The molecule has 0 aromatic heterocycles. The molecule has 0 aliphatic heterocycles. The third kappa shape index (κ3) is 1.53. The first kappa shape index (κ1) is 13.1. The summed E-state index contributed by atoms with van der Waals surface area (Å²) in [5.41, 5.74) is 13.5. The van der Waals surface area contributed by atoms with Crippen LogP contribution in [0, 0.1) is 29.6 Å². The molecule has 0 spiro atoms. The Morgan fingerprint density at radius 3 is 1.80 bits per heavy atom. The molecule has 0 amide bonds. The summed E-state index contributed by atoms with van der Waals surface area (Å²) >= 11 is 0. The van der Waals surface area contributed by atoms with E-state index in [-0.39, 0.29) is 5.54 Å². The van der Waals surface area contributed by atoms with Gasteiger partial charge in [-0.1, -0.05) is 11.1 Å². The van der Waals surface area contributed by atoms with Crippen LogP contribution in [-0.4, -0.2) is 5.54 Å². The molecule has 4 saturated carbocycles. The topological polar surface area (TPSA) is 26.0 Å². The predicted molar refractivity (Wildman–Crippen MR) is 84.2 cm³/mol. The highest BCUT2D eigenvalue weighted by molar-refractivity contribution is 5.47. The fourth-order valence-electron chi connectivity index (χ4n) is 6.67. The van der Waals surface area contributed by atoms with Gasteiger partial charge in [0.15, 0.2) is 0 Å². The highest BCUT2D eigenvalue weighted by Crippen LogP contribution is 2.62. The number of nitrogens with two attached hydrogens (primary N) is 1. The van der Waals surface area contributed by atoms with Crippen LogP contribution < -0.4 is 5.73 Å². The lowest BCUT2D eigenvalue weighted by Crippen LogP contribution is -2.64. The summed E-state index contributed by atoms with van der Waals surface area (Å²) in [5.74, 6) is 4.18. The van der Waals surface area contributed by atoms with E-state index in [1.54, 1.807) is 22.3 Å². The van der Waals surface area contributed by atoms with Gasteiger partial charge in [-0.15, -0.1) is 0 Å². The highest BCUT2D eigenvalue weighted by atomic mass is 14.8. The summed E-state index contributed by atoms with van der Waals surface area (Å²) in [6.45, 7) is 9.36. The Hall–Kier alpha value is -0.560. The van der Waals surface area contributed by atoms with Crippen LogP contribution in [0.15, 0.2) is 22.3 Å². The molecule has 0 aromatic carbocycles. The van der Waals surface area contributed by atoms with Crippen LogP contribution in [0.2, 0.25) is 0 Å². The molecule has 20 heavy (non-hydrogen) atoms. The van der Waals surface area contributed by atoms with Crippen molar-refractivity contribution in [3.05, 3.63) is 22.3 Å². The molecule has 110 valence electrons. The standard InChI is InChI=1S/C19H29N/c1-10-11(2)13(4)17(12(10)3)18-16-6-14-5-15(7-16)9-19(18,20)8-14/h14-18H,5-9,20H2,1-4H3. The number of hydrogen-bond acceptors (Lipinski definition) is 1. The van der Waals surface area contributed by atoms with Gasteiger partial charge in [0, 0.05) is 11.5 Å². The minimum Gasteiger partial charge on any atom is -0.325 e. The molecular weight excluding hydrogens is 242 g/mol. The van der Waals surface area contributed by atoms with Crippen LogP contribution in [0.1, 0.15) is 59.8 Å². The Morgan fingerprint density at radius 2 is 1.35 bits per heavy atom. The van der Waals surface area contributed by atoms with Crippen molar-refractivity contribution in [2.24, 2.45) is 35.3 Å². The lowest BCUT2D eigenvalue weighted by Gasteiger charge is -2.61. The largest absolute Gasteiger partial charge is 0.325 e. The summed E-state index contributed by atoms with van der Waals surface area (Å²) < 4.78 is 0. The molecule has 3 atom stereocenters. The second kappa shape index (κ2) is 4.00. The van der Waals surface area contributed by atoms with Crippen molar-refractivity contribution in [1.29, 1.82) is 0 Å². The summed E-state index contributed by atoms with van der Waals surface area (Å²) in [7, 11) is 0. The average Bonchev–Trinajstić information content (AvgIpc) is 2.54. The maximum absolute atomic E-state index is 7.02. The van der Waals surface area contributed by atoms with E-state index in [1.165, 1.54) is 32.1 Å². The Bertz CT molecular complexity index is 486. The first-order chi connectivity index (χ1) is 9.40. The predicted octanol–water partition coefficient (Wildman–Crippen LogP) is 4.44. The summed E-state index contributed by atoms with van der Waals surface area (Å²) in [6, 6.07) is 0. The summed E-state index contributed by atoms with van der Waals surface area (Å²) in [5, 5.41) is 0. The molecule has 1 nitrogen and oxygen atoms in total. The van der Waals surface area contributed by atoms with E-state index in [4.69, 9.17) is 5.73 Å². The lowest BCUT2D eigenvalue weighted by atomic mass is 9.46. The van der Waals surface area contributed by atoms with E-state index in [9.17, 15) is 0 Å². The van der Waals surface area contributed by atoms with Gasteiger partial charge < -0.3 is 5.73 Å². The Balaban J connectivity index is 1.76. The molecule has 5 rings (SSSR count). The monoisotopic (exact) mass is 271 g/mol. The molecule has 4 bridgehead atoms. The minimum absolute atomic E-state index is 0.146. The smallest absolute Gasteiger partial charge is 0.0199 e. The molecule has 0 heterocycles. The van der Waals surface area contributed by atoms with Crippen molar-refractivity contribution >= 4 is 0 Å². The zero-order chi connectivity index (χ0) is 14.2. The summed E-state index contributed by atoms with van der Waals surface area (Å²) in [6.07, 6.45) is 7.03. The normalized spacial score (nSPS) is 47.9. The fourth-order valence-corrected chi connectivity index (χ4v) is 6.67. The van der Waals surface area contributed by atoms with Gasteiger partial charge in [0.05, 0.1) is 0 Å². The average molecular weight is 271 g/mol. The van der Waals surface area contributed by atoms with Gasteiger partial charge in [0.1, 0.15) is 0 Å². The zero-order valence-corrected chi connectivity index (χ0v) is 13.5. The molecule has 2 N–H and O–H groups in total. The van der Waals surface area contributed by atoms with Gasteiger partial charge in [0.25, 0.3) is 0 Å². The van der Waals surface area contributed by atoms with Crippen LogP contribution in [0.5, 0.6) is 0 Å². The van der Waals surface area contributed by atoms with Gasteiger partial charge in [-0.2, -0.15) is 0 Å². The van der Waals surface area contributed by atoms with Gasteiger partial charge in [-0.3, -0.25) is 0 Å². The Labute approximate surface area is 123 Å². The second-order valence-electron chi connectivity index (χ2n) is 8.46. The molecular formula is C19H29N. The Morgan fingerprint density at radius 1 is 0.850 bits per heavy atom. The zero-order valence-electron chi connectivity index (χ0n) is 13.5. The van der Waals surface area contributed by atoms with E-state index in [2.05, 4.69) is 27.7 Å². The number of allylic oxidation sites excluding steroid dienone is 4. The molecule has 5 aliphatic carbocycles. The van der Waals surface area contributed by atoms with Crippen molar-refractivity contribution in [3.63, 3.8) is 0 Å². The maximum atomic E-state index is 7.02. The Kier molecular flexibility index (Phi) is 2.63. The van der Waals surface area contributed by atoms with Gasteiger partial charge in [-0.05, 0) is 94.6 Å². The molecule has 0 saturated heterocycles. The van der Waals surface area contributed by atoms with E-state index in [1.807, 2.05) is 0 Å². The maximum Gasteiger partial charge on any atom is 0.0199 e. The van der Waals surface area contributed by atoms with Crippen molar-refractivity contribution in [1.82, 2.24) is 0 Å². The van der Waals surface area contributed by atoms with Crippen LogP contribution in [-0.2, 0) is 0 Å². The van der Waals surface area contributed by atoms with Crippen LogP contribution in [0.3, 0.4) is 0 Å². The van der Waals surface area contributed by atoms with E-state index >= 15 is 0 Å². The summed E-state index contributed by atoms with van der Waals surface area (Å²) in [4.78, 5) is 0. The molecule has 5 aliphatic rings. The van der Waals surface area contributed by atoms with Gasteiger partial charge in [0.2, 0.25) is 0 Å². The molecule has 0 aromatic rings. The first-order valence-corrected chi connectivity index (χ1v) is 8.54. The fraction of sp³-hybridized carbons (Fsp3) is 0.789. The van der Waals surface area contributed by atoms with Crippen molar-refractivity contribution < 1.29 is 0 Å². The van der Waals surface area contributed by atoms with E-state index < -0.39 is 0 Å². The quantitative estimate of drug-likeness (QED) is 0.749. The van der Waals surface area contributed by atoms with E-state index in [0.29, 0.717) is 5.92 Å². The number of rotatable bonds is 1. The third-order valence-corrected chi connectivity index (χ3v) is 7.49. The highest BCUT2D eigenvalue weighted by Gasteiger charge is 2.58. The van der Waals surface area contributed by atoms with Crippen LogP contribution >= 0.6 is 0 Å². The third-order valence-electron chi connectivity index (χ3n) is 7.49. The first-order valence-electron chi connectivity index (χ1n) is 8.54. The van der Waals surface area contributed by atoms with Crippen molar-refractivity contribution in [2.75, 3.05) is 0 Å². The SMILES string of the molecule is CC1=C(C)C(C2C3CC4CC(C3)CC2(N)C4)C(C)=C1C. The van der Waals surface area contributed by atoms with Gasteiger partial charge >= 0.3 is 0 Å². The van der Waals surface area contributed by atoms with Crippen LogP contribution in [0.25, 0.3) is 0 Å². The lowest BCUT2D eigenvalue weighted by molar-refractivity contribution is -0.0678. The number of hydrogen-bond donors (Lipinski definition) is 1. The van der Waals surface area contributed by atoms with E-state index in [0.717, 1.165) is 23.7 Å². The molecule has 4 fully saturated rings. The van der Waals surface area contributed by atoms with Gasteiger partial charge in [-0.25, -0.2) is 0 Å². The molecule has 3 unspecified atom stereocenters. The van der Waals surface area contributed by atoms with Crippen molar-refractivity contribution in [3.8, 4) is 0 Å². The minimum atomic E-state index is 0.146. The van der Waals surface area contributed by atoms with Crippen LogP contribution in [0.4, 0.5) is 0 Å². The van der Waals surface area contributed by atoms with Crippen molar-refractivity contribution in [2.45, 2.75) is 65.3 Å². The molecule has 0 radical (unpaired) electrons. The molecule has 1 heteroatoms. The second-order valence-corrected chi connectivity index (χ2v) is 8.46.